The lowest BCUT2D eigenvalue weighted by Crippen LogP contribution is -2.45. The molecular weight excluding hydrogens is 1030 g/mol. The number of imidazole rings is 1. The van der Waals surface area contributed by atoms with E-state index in [-0.39, 0.29) is 73.0 Å². The Kier molecular flexibility index (Phi) is 30.6. The third-order valence-electron chi connectivity index (χ3n) is 11.4. The highest BCUT2D eigenvalue weighted by atomic mass is 32.2. The molecule has 20 nitrogen and oxygen atoms in total. The summed E-state index contributed by atoms with van der Waals surface area (Å²) >= 11 is 0. The number of nitrogens with one attached hydrogen (secondary N) is 2. The van der Waals surface area contributed by atoms with Gasteiger partial charge in [0.1, 0.15) is 23.2 Å². The van der Waals surface area contributed by atoms with E-state index in [9.17, 15) is 32.6 Å². The Hall–Kier alpha value is -5.37. The maximum absolute atomic E-state index is 15.1. The number of hydrogen-bond acceptors (Lipinski definition) is 15. The molecule has 428 valence electrons. The number of hydrogen-bond donors (Lipinski definition) is 2. The summed E-state index contributed by atoms with van der Waals surface area (Å²) in [5.41, 5.74) is 0.617. The lowest BCUT2D eigenvalue weighted by atomic mass is 9.84. The molecule has 3 aromatic rings. The average Bonchev–Trinajstić information content (AvgIpc) is 3.96. The first kappa shape index (κ1) is 64.2. The number of benzene rings is 2. The van der Waals surface area contributed by atoms with E-state index < -0.39 is 45.7 Å². The molecule has 1 unspecified atom stereocenters. The van der Waals surface area contributed by atoms with E-state index >= 15 is 4.39 Å². The molecule has 77 heavy (non-hydrogen) atoms. The van der Waals surface area contributed by atoms with Crippen LogP contribution in [0, 0.1) is 17.0 Å². The molecular formula is C54H78F2N6O14S. The zero-order valence-corrected chi connectivity index (χ0v) is 45.8. The summed E-state index contributed by atoms with van der Waals surface area (Å²) < 4.78 is 88.4. The highest BCUT2D eigenvalue weighted by Crippen LogP contribution is 2.39. The van der Waals surface area contributed by atoms with Crippen molar-refractivity contribution in [1.82, 2.24) is 30.0 Å². The van der Waals surface area contributed by atoms with Crippen LogP contribution >= 0.6 is 0 Å². The van der Waals surface area contributed by atoms with Crippen molar-refractivity contribution in [3.05, 3.63) is 89.9 Å². The van der Waals surface area contributed by atoms with Crippen LogP contribution in [0.4, 0.5) is 8.78 Å². The molecule has 2 atom stereocenters. The van der Waals surface area contributed by atoms with Crippen molar-refractivity contribution in [2.24, 2.45) is 5.41 Å². The first-order valence-corrected chi connectivity index (χ1v) is 27.6. The maximum atomic E-state index is 15.1. The van der Waals surface area contributed by atoms with Gasteiger partial charge in [0.05, 0.1) is 117 Å². The van der Waals surface area contributed by atoms with Gasteiger partial charge in [-0.1, -0.05) is 58.0 Å². The molecule has 1 aliphatic heterocycles. The van der Waals surface area contributed by atoms with Crippen molar-refractivity contribution in [3.63, 3.8) is 0 Å². The molecule has 0 bridgehead atoms. The number of amides is 5. The van der Waals surface area contributed by atoms with Crippen LogP contribution in [0.25, 0.3) is 11.3 Å². The summed E-state index contributed by atoms with van der Waals surface area (Å²) in [5.74, 6) is -2.64. The van der Waals surface area contributed by atoms with Crippen molar-refractivity contribution >= 4 is 40.3 Å². The quantitative estimate of drug-likeness (QED) is 0.0604. The summed E-state index contributed by atoms with van der Waals surface area (Å²) in [6.07, 6.45) is 4.79. The van der Waals surface area contributed by atoms with Gasteiger partial charge in [0.15, 0.2) is 0 Å². The molecule has 2 heterocycles. The van der Waals surface area contributed by atoms with Crippen LogP contribution in [-0.4, -0.2) is 196 Å². The van der Waals surface area contributed by atoms with E-state index in [1.54, 1.807) is 11.1 Å². The number of ether oxygens (including phenoxy) is 8. The summed E-state index contributed by atoms with van der Waals surface area (Å²) in [6, 6.07) is 12.2. The Morgan fingerprint density at radius 3 is 1.73 bits per heavy atom. The zero-order valence-electron chi connectivity index (χ0n) is 45.0. The first-order valence-electron chi connectivity index (χ1n) is 26.1. The molecule has 0 radical (unpaired) electrons. The normalized spacial score (nSPS) is 13.4. The summed E-state index contributed by atoms with van der Waals surface area (Å²) in [5, 5.41) is 5.42. The Bertz CT molecular complexity index is 2280. The van der Waals surface area contributed by atoms with Crippen molar-refractivity contribution in [3.8, 4) is 11.3 Å². The Morgan fingerprint density at radius 1 is 0.688 bits per heavy atom. The molecule has 1 aliphatic rings. The van der Waals surface area contributed by atoms with E-state index in [2.05, 4.69) is 10.6 Å². The number of rotatable bonds is 42. The minimum atomic E-state index is -1.60. The molecule has 0 spiro atoms. The zero-order chi connectivity index (χ0) is 55.7. The SMILES string of the molecule is CCCN(C(=O)CS(=O)CCNC(=O)CCOCCOCCOCCOCCOCCOCCOCCOCCNC(=O)CCN1C(=O)C=CC1=O)[C@@H](c1nc(-c2cc(F)ccc2F)cn1Cc1ccccc1)C(C)(C)C. The Labute approximate surface area is 453 Å². The second kappa shape index (κ2) is 36.7. The Morgan fingerprint density at radius 2 is 1.19 bits per heavy atom. The van der Waals surface area contributed by atoms with Gasteiger partial charge in [-0.3, -0.25) is 33.1 Å². The van der Waals surface area contributed by atoms with E-state index in [1.807, 2.05) is 62.6 Å². The smallest absolute Gasteiger partial charge is 0.253 e. The van der Waals surface area contributed by atoms with Crippen molar-refractivity contribution < 1.29 is 74.9 Å². The third-order valence-corrected chi connectivity index (χ3v) is 12.6. The van der Waals surface area contributed by atoms with Crippen molar-refractivity contribution in [2.45, 2.75) is 59.5 Å². The second-order valence-electron chi connectivity index (χ2n) is 18.6. The molecule has 0 fully saturated rings. The largest absolute Gasteiger partial charge is 0.379 e. The number of carbonyl (C=O) groups is 5. The van der Waals surface area contributed by atoms with Gasteiger partial charge in [0, 0.05) is 86.0 Å². The molecule has 0 aliphatic carbocycles. The Balaban J connectivity index is 0.954. The van der Waals surface area contributed by atoms with Crippen molar-refractivity contribution in [2.75, 3.05) is 143 Å². The first-order chi connectivity index (χ1) is 37.2. The predicted molar refractivity (Wildman–Crippen MR) is 283 cm³/mol. The monoisotopic (exact) mass is 1100 g/mol. The van der Waals surface area contributed by atoms with Gasteiger partial charge in [-0.05, 0) is 35.6 Å². The molecule has 0 saturated heterocycles. The van der Waals surface area contributed by atoms with Crippen LogP contribution in [0.1, 0.15) is 64.4 Å². The van der Waals surface area contributed by atoms with Crippen LogP contribution in [-0.2, 0) is 79.2 Å². The summed E-state index contributed by atoms with van der Waals surface area (Å²) in [7, 11) is -1.60. The van der Waals surface area contributed by atoms with Gasteiger partial charge < -0.3 is 58.0 Å². The maximum Gasteiger partial charge on any atom is 0.253 e. The van der Waals surface area contributed by atoms with Crippen LogP contribution in [0.15, 0.2) is 66.9 Å². The minimum Gasteiger partial charge on any atom is -0.379 e. The van der Waals surface area contributed by atoms with Crippen LogP contribution < -0.4 is 10.6 Å². The van der Waals surface area contributed by atoms with Gasteiger partial charge in [0.25, 0.3) is 11.8 Å². The van der Waals surface area contributed by atoms with Gasteiger partial charge in [-0.25, -0.2) is 13.8 Å². The minimum absolute atomic E-state index is 0.00776. The summed E-state index contributed by atoms with van der Waals surface area (Å²) in [4.78, 5) is 69.0. The summed E-state index contributed by atoms with van der Waals surface area (Å²) in [6.45, 7) is 14.9. The topological polar surface area (TPSA) is 225 Å². The molecule has 23 heteroatoms. The predicted octanol–water partition coefficient (Wildman–Crippen LogP) is 4.02. The lowest BCUT2D eigenvalue weighted by Gasteiger charge is -2.40. The van der Waals surface area contributed by atoms with Gasteiger partial charge in [-0.2, -0.15) is 0 Å². The average molecular weight is 1110 g/mol. The number of aromatic nitrogens is 2. The fraction of sp³-hybridized carbons (Fsp3) is 0.593. The number of carbonyl (C=O) groups excluding carboxylic acids is 5. The molecule has 4 rings (SSSR count). The van der Waals surface area contributed by atoms with Crippen molar-refractivity contribution in [1.29, 1.82) is 0 Å². The number of halogens is 2. The molecule has 2 aromatic carbocycles. The fourth-order valence-electron chi connectivity index (χ4n) is 7.72. The standard InChI is InChI=1S/C54H78F2N6O14S/c1-5-19-62(52(54(2,3)4)53-59-46(44-38-43(55)11-12-45(44)56)40-60(53)39-42-9-7-6-8-10-42)51(67)41-77(68)37-18-58-48(64)16-21-69-23-25-71-27-29-73-31-33-75-35-36-76-34-32-74-30-28-72-26-24-70-22-17-57-47(63)15-20-61-49(65)13-14-50(61)66/h6-14,38,40,52H,5,15-37,39,41H2,1-4H3,(H,57,63)(H,58,64)/t52-,77?/m0/s1. The van der Waals surface area contributed by atoms with E-state index in [4.69, 9.17) is 42.9 Å². The fourth-order valence-corrected chi connectivity index (χ4v) is 8.63. The highest BCUT2D eigenvalue weighted by molar-refractivity contribution is 7.85. The molecule has 0 saturated carbocycles. The van der Waals surface area contributed by atoms with Crippen LogP contribution in [0.2, 0.25) is 0 Å². The molecule has 1 aromatic heterocycles. The third kappa shape index (κ3) is 25.3. The lowest BCUT2D eigenvalue weighted by molar-refractivity contribution is -0.137. The molecule has 5 amide bonds. The van der Waals surface area contributed by atoms with Gasteiger partial charge >= 0.3 is 0 Å². The van der Waals surface area contributed by atoms with E-state index in [1.165, 1.54) is 12.2 Å². The van der Waals surface area contributed by atoms with E-state index in [0.29, 0.717) is 131 Å². The van der Waals surface area contributed by atoms with E-state index in [0.717, 1.165) is 28.7 Å². The molecule has 2 N–H and O–H groups in total. The van der Waals surface area contributed by atoms with Crippen LogP contribution in [0.5, 0.6) is 0 Å². The highest BCUT2D eigenvalue weighted by Gasteiger charge is 2.38. The number of imide groups is 1. The number of nitrogens with zero attached hydrogens (tertiary/aromatic N) is 4. The van der Waals surface area contributed by atoms with Gasteiger partial charge in [0.2, 0.25) is 17.7 Å². The van der Waals surface area contributed by atoms with Crippen LogP contribution in [0.3, 0.4) is 0 Å². The van der Waals surface area contributed by atoms with Gasteiger partial charge in [-0.15, -0.1) is 0 Å². The second-order valence-corrected chi connectivity index (χ2v) is 20.2.